The van der Waals surface area contributed by atoms with E-state index in [2.05, 4.69) is 5.32 Å². The van der Waals surface area contributed by atoms with Crippen LogP contribution in [0.4, 0.5) is 18.9 Å². The zero-order chi connectivity index (χ0) is 20.3. The maximum atomic E-state index is 13.3. The normalized spacial score (nSPS) is 19.2. The summed E-state index contributed by atoms with van der Waals surface area (Å²) in [5, 5.41) is 2.94. The van der Waals surface area contributed by atoms with Crippen molar-refractivity contribution in [1.29, 1.82) is 0 Å². The fourth-order valence-corrected chi connectivity index (χ4v) is 3.74. The molecular formula is C22H25F3N2O. The molecule has 0 radical (unpaired) electrons. The van der Waals surface area contributed by atoms with E-state index in [1.165, 1.54) is 0 Å². The molecule has 0 unspecified atom stereocenters. The summed E-state index contributed by atoms with van der Waals surface area (Å²) in [4.78, 5) is 14.9. The van der Waals surface area contributed by atoms with Gasteiger partial charge in [0.15, 0.2) is 0 Å². The lowest BCUT2D eigenvalue weighted by Gasteiger charge is -2.38. The number of likely N-dealkylation sites (tertiary alicyclic amines) is 1. The first-order valence-electron chi connectivity index (χ1n) is 9.49. The molecule has 1 aliphatic heterocycles. The van der Waals surface area contributed by atoms with Gasteiger partial charge in [0.2, 0.25) is 5.91 Å². The number of nitrogens with one attached hydrogen (secondary N) is 1. The lowest BCUT2D eigenvalue weighted by Crippen LogP contribution is -2.46. The Morgan fingerprint density at radius 2 is 1.86 bits per heavy atom. The van der Waals surface area contributed by atoms with Crippen molar-refractivity contribution >= 4 is 11.6 Å². The number of halogens is 3. The largest absolute Gasteiger partial charge is 0.393 e. The molecule has 1 fully saturated rings. The summed E-state index contributed by atoms with van der Waals surface area (Å²) in [5.74, 6) is -1.70. The highest BCUT2D eigenvalue weighted by Gasteiger charge is 2.44. The summed E-state index contributed by atoms with van der Waals surface area (Å²) in [6.45, 7) is 4.13. The Kier molecular flexibility index (Phi) is 6.08. The lowest BCUT2D eigenvalue weighted by molar-refractivity contribution is -0.189. The molecule has 0 saturated carbocycles. The van der Waals surface area contributed by atoms with Crippen molar-refractivity contribution in [3.8, 4) is 0 Å². The van der Waals surface area contributed by atoms with Gasteiger partial charge in [-0.05, 0) is 56.0 Å². The van der Waals surface area contributed by atoms with Gasteiger partial charge in [0.25, 0.3) is 0 Å². The molecule has 2 atom stereocenters. The van der Waals surface area contributed by atoms with Crippen LogP contribution in [0.2, 0.25) is 0 Å². The van der Waals surface area contributed by atoms with Crippen LogP contribution in [0.3, 0.4) is 0 Å². The van der Waals surface area contributed by atoms with Crippen LogP contribution in [0.15, 0.2) is 48.5 Å². The number of carbonyl (C=O) groups is 1. The van der Waals surface area contributed by atoms with Crippen LogP contribution in [0.5, 0.6) is 0 Å². The summed E-state index contributed by atoms with van der Waals surface area (Å²) >= 11 is 0. The first kappa shape index (κ1) is 20.4. The van der Waals surface area contributed by atoms with E-state index in [0.29, 0.717) is 24.2 Å². The molecule has 6 heteroatoms. The Morgan fingerprint density at radius 1 is 1.14 bits per heavy atom. The number of hydrogen-bond acceptors (Lipinski definition) is 2. The van der Waals surface area contributed by atoms with E-state index in [0.717, 1.165) is 11.1 Å². The summed E-state index contributed by atoms with van der Waals surface area (Å²) in [7, 11) is 0. The minimum absolute atomic E-state index is 0.111. The van der Waals surface area contributed by atoms with Gasteiger partial charge in [0.1, 0.15) is 6.04 Å². The standard InChI is InChI=1S/C22H25F3N2O/c1-15-10-11-16(2)19(13-15)26-21(28)20(17-7-4-3-5-8-17)27-12-6-9-18(14-27)22(23,24)25/h3-5,7-8,10-11,13,18,20H,6,9,12,14H2,1-2H3,(H,26,28)/t18-,20+/m1/s1. The lowest BCUT2D eigenvalue weighted by atomic mass is 9.94. The zero-order valence-electron chi connectivity index (χ0n) is 16.1. The molecule has 150 valence electrons. The minimum Gasteiger partial charge on any atom is -0.324 e. The second kappa shape index (κ2) is 8.35. The maximum absolute atomic E-state index is 13.3. The van der Waals surface area contributed by atoms with Crippen molar-refractivity contribution in [1.82, 2.24) is 4.90 Å². The predicted octanol–water partition coefficient (Wildman–Crippen LogP) is 5.26. The molecule has 1 saturated heterocycles. The van der Waals surface area contributed by atoms with Crippen molar-refractivity contribution in [2.24, 2.45) is 5.92 Å². The Hall–Kier alpha value is -2.34. The quantitative estimate of drug-likeness (QED) is 0.773. The van der Waals surface area contributed by atoms with Crippen LogP contribution in [0.25, 0.3) is 0 Å². The molecule has 1 amide bonds. The van der Waals surface area contributed by atoms with Gasteiger partial charge in [0.05, 0.1) is 5.92 Å². The number of anilines is 1. The summed E-state index contributed by atoms with van der Waals surface area (Å²) in [6.07, 6.45) is -3.71. The topological polar surface area (TPSA) is 32.3 Å². The second-order valence-electron chi connectivity index (χ2n) is 7.50. The van der Waals surface area contributed by atoms with Crippen molar-refractivity contribution < 1.29 is 18.0 Å². The molecule has 1 heterocycles. The first-order valence-corrected chi connectivity index (χ1v) is 9.49. The Bertz CT molecular complexity index is 820. The molecule has 1 N–H and O–H groups in total. The Labute approximate surface area is 163 Å². The average molecular weight is 390 g/mol. The highest BCUT2D eigenvalue weighted by Crippen LogP contribution is 2.36. The van der Waals surface area contributed by atoms with Crippen LogP contribution in [-0.4, -0.2) is 30.1 Å². The number of rotatable bonds is 4. The van der Waals surface area contributed by atoms with Gasteiger partial charge in [-0.2, -0.15) is 13.2 Å². The number of carbonyl (C=O) groups excluding carboxylic acids is 1. The van der Waals surface area contributed by atoms with E-state index in [4.69, 9.17) is 0 Å². The molecule has 3 rings (SSSR count). The van der Waals surface area contributed by atoms with E-state index >= 15 is 0 Å². The molecule has 2 aromatic rings. The fraction of sp³-hybridized carbons (Fsp3) is 0.409. The Morgan fingerprint density at radius 3 is 2.54 bits per heavy atom. The van der Waals surface area contributed by atoms with Gasteiger partial charge in [-0.25, -0.2) is 0 Å². The molecule has 2 aromatic carbocycles. The average Bonchev–Trinajstić information content (AvgIpc) is 2.65. The smallest absolute Gasteiger partial charge is 0.324 e. The molecule has 28 heavy (non-hydrogen) atoms. The number of alkyl halides is 3. The monoisotopic (exact) mass is 390 g/mol. The molecule has 0 aromatic heterocycles. The zero-order valence-corrected chi connectivity index (χ0v) is 16.1. The van der Waals surface area contributed by atoms with Crippen LogP contribution in [0, 0.1) is 19.8 Å². The van der Waals surface area contributed by atoms with E-state index < -0.39 is 18.1 Å². The van der Waals surface area contributed by atoms with Crippen LogP contribution >= 0.6 is 0 Å². The summed E-state index contributed by atoms with van der Waals surface area (Å²) in [6, 6.07) is 14.0. The number of aryl methyl sites for hydroxylation is 2. The van der Waals surface area contributed by atoms with Crippen LogP contribution < -0.4 is 5.32 Å². The van der Waals surface area contributed by atoms with Gasteiger partial charge < -0.3 is 5.32 Å². The van der Waals surface area contributed by atoms with E-state index in [1.807, 2.05) is 38.1 Å². The molecular weight excluding hydrogens is 365 g/mol. The van der Waals surface area contributed by atoms with Crippen LogP contribution in [-0.2, 0) is 4.79 Å². The summed E-state index contributed by atoms with van der Waals surface area (Å²) in [5.41, 5.74) is 3.31. The van der Waals surface area contributed by atoms with Gasteiger partial charge >= 0.3 is 6.18 Å². The Balaban J connectivity index is 1.89. The number of nitrogens with zero attached hydrogens (tertiary/aromatic N) is 1. The summed E-state index contributed by atoms with van der Waals surface area (Å²) < 4.78 is 39.9. The number of hydrogen-bond donors (Lipinski definition) is 1. The first-order chi connectivity index (χ1) is 13.3. The van der Waals surface area contributed by atoms with Gasteiger partial charge in [-0.3, -0.25) is 9.69 Å². The fourth-order valence-electron chi connectivity index (χ4n) is 3.74. The van der Waals surface area contributed by atoms with Crippen molar-refractivity contribution in [3.63, 3.8) is 0 Å². The van der Waals surface area contributed by atoms with Gasteiger partial charge in [0, 0.05) is 12.2 Å². The van der Waals surface area contributed by atoms with Crippen molar-refractivity contribution in [3.05, 3.63) is 65.2 Å². The highest BCUT2D eigenvalue weighted by molar-refractivity contribution is 5.96. The SMILES string of the molecule is Cc1ccc(C)c(NC(=O)[C@H](c2ccccc2)N2CCC[C@@H](C(F)(F)F)C2)c1. The number of piperidine rings is 1. The number of amides is 1. The van der Waals surface area contributed by atoms with E-state index in [1.54, 1.807) is 29.2 Å². The molecule has 1 aliphatic rings. The molecule has 3 nitrogen and oxygen atoms in total. The third kappa shape index (κ3) is 4.73. The van der Waals surface area contributed by atoms with E-state index in [-0.39, 0.29) is 18.9 Å². The third-order valence-electron chi connectivity index (χ3n) is 5.30. The van der Waals surface area contributed by atoms with Gasteiger partial charge in [-0.15, -0.1) is 0 Å². The van der Waals surface area contributed by atoms with Gasteiger partial charge in [-0.1, -0.05) is 42.5 Å². The van der Waals surface area contributed by atoms with Crippen LogP contribution in [0.1, 0.15) is 35.6 Å². The maximum Gasteiger partial charge on any atom is 0.393 e. The minimum atomic E-state index is -4.25. The van der Waals surface area contributed by atoms with Crippen molar-refractivity contribution in [2.45, 2.75) is 38.9 Å². The number of benzene rings is 2. The molecule has 0 aliphatic carbocycles. The molecule has 0 bridgehead atoms. The van der Waals surface area contributed by atoms with E-state index in [9.17, 15) is 18.0 Å². The second-order valence-corrected chi connectivity index (χ2v) is 7.50. The van der Waals surface area contributed by atoms with Crippen molar-refractivity contribution in [2.75, 3.05) is 18.4 Å². The predicted molar refractivity (Wildman–Crippen MR) is 104 cm³/mol. The molecule has 0 spiro atoms. The highest BCUT2D eigenvalue weighted by atomic mass is 19.4. The third-order valence-corrected chi connectivity index (χ3v) is 5.30.